The fourth-order valence-electron chi connectivity index (χ4n) is 1.10. The first-order valence-electron chi connectivity index (χ1n) is 4.22. The highest BCUT2D eigenvalue weighted by molar-refractivity contribution is 7.14. The molecule has 0 radical (unpaired) electrons. The monoisotopic (exact) mass is 244 g/mol. The summed E-state index contributed by atoms with van der Waals surface area (Å²) < 4.78 is 0. The van der Waals surface area contributed by atoms with Gasteiger partial charge in [0.25, 0.3) is 0 Å². The minimum atomic E-state index is 0.624. The molecule has 0 bridgehead atoms. The molecule has 0 aromatic carbocycles. The molecule has 0 aliphatic rings. The molecule has 0 N–H and O–H groups in total. The van der Waals surface area contributed by atoms with Crippen LogP contribution in [0.15, 0.2) is 10.8 Å². The molecule has 2 aromatic rings. The minimum absolute atomic E-state index is 0.624. The van der Waals surface area contributed by atoms with Gasteiger partial charge in [0.1, 0.15) is 10.7 Å². The van der Waals surface area contributed by atoms with E-state index in [-0.39, 0.29) is 0 Å². The summed E-state index contributed by atoms with van der Waals surface area (Å²) in [6, 6.07) is 0. The molecule has 0 saturated heterocycles. The van der Waals surface area contributed by atoms with Gasteiger partial charge >= 0.3 is 0 Å². The summed E-state index contributed by atoms with van der Waals surface area (Å²) in [6.45, 7) is 2.00. The highest BCUT2D eigenvalue weighted by Crippen LogP contribution is 2.25. The Balaban J connectivity index is 2.24. The molecule has 0 atom stereocenters. The average molecular weight is 245 g/mol. The van der Waals surface area contributed by atoms with E-state index >= 15 is 0 Å². The van der Waals surface area contributed by atoms with Crippen LogP contribution >= 0.6 is 34.3 Å². The van der Waals surface area contributed by atoms with Crippen molar-refractivity contribution in [2.75, 3.05) is 5.88 Å². The Hall–Kier alpha value is -0.450. The van der Waals surface area contributed by atoms with Crippen molar-refractivity contribution >= 4 is 34.3 Å². The van der Waals surface area contributed by atoms with Gasteiger partial charge in [-0.15, -0.1) is 34.3 Å². The van der Waals surface area contributed by atoms with Crippen molar-refractivity contribution in [3.8, 4) is 10.7 Å². The molecular formula is C9H9ClN2S2. The van der Waals surface area contributed by atoms with Gasteiger partial charge in [0, 0.05) is 23.1 Å². The van der Waals surface area contributed by atoms with Crippen LogP contribution in [0.4, 0.5) is 0 Å². The Morgan fingerprint density at radius 3 is 2.79 bits per heavy atom. The number of halogens is 1. The first kappa shape index (κ1) is 10.1. The molecule has 0 fully saturated rings. The van der Waals surface area contributed by atoms with Crippen LogP contribution in [-0.4, -0.2) is 15.8 Å². The zero-order valence-corrected chi connectivity index (χ0v) is 10.0. The number of rotatable bonds is 3. The van der Waals surface area contributed by atoms with Gasteiger partial charge in [-0.1, -0.05) is 0 Å². The van der Waals surface area contributed by atoms with Gasteiger partial charge in [0.2, 0.25) is 0 Å². The molecule has 0 unspecified atom stereocenters. The van der Waals surface area contributed by atoms with E-state index in [1.165, 1.54) is 0 Å². The van der Waals surface area contributed by atoms with E-state index in [9.17, 15) is 0 Å². The van der Waals surface area contributed by atoms with Gasteiger partial charge in [-0.2, -0.15) is 0 Å². The summed E-state index contributed by atoms with van der Waals surface area (Å²) in [4.78, 5) is 8.85. The van der Waals surface area contributed by atoms with Gasteiger partial charge in [-0.3, -0.25) is 0 Å². The van der Waals surface area contributed by atoms with E-state index in [1.807, 2.05) is 17.7 Å². The topological polar surface area (TPSA) is 25.8 Å². The molecule has 14 heavy (non-hydrogen) atoms. The third-order valence-electron chi connectivity index (χ3n) is 1.74. The van der Waals surface area contributed by atoms with Crippen molar-refractivity contribution < 1.29 is 0 Å². The second-order valence-corrected chi connectivity index (χ2v) is 5.13. The maximum absolute atomic E-state index is 5.65. The first-order valence-corrected chi connectivity index (χ1v) is 6.52. The van der Waals surface area contributed by atoms with Crippen LogP contribution in [-0.2, 0) is 6.42 Å². The third kappa shape index (κ3) is 2.13. The second-order valence-electron chi connectivity index (χ2n) is 2.83. The van der Waals surface area contributed by atoms with E-state index in [2.05, 4.69) is 9.97 Å². The molecular weight excluding hydrogens is 236 g/mol. The van der Waals surface area contributed by atoms with Gasteiger partial charge < -0.3 is 0 Å². The average Bonchev–Trinajstić information content (AvgIpc) is 2.74. The number of alkyl halides is 1. The fourth-order valence-corrected chi connectivity index (χ4v) is 2.78. The number of hydrogen-bond donors (Lipinski definition) is 0. The fraction of sp³-hybridized carbons (Fsp3) is 0.333. The van der Waals surface area contributed by atoms with Crippen molar-refractivity contribution in [3.05, 3.63) is 21.5 Å². The molecule has 2 heterocycles. The second kappa shape index (κ2) is 4.38. The molecule has 2 aromatic heterocycles. The number of thiazole rings is 2. The normalized spacial score (nSPS) is 10.7. The lowest BCUT2D eigenvalue weighted by molar-refractivity contribution is 1.07. The smallest absolute Gasteiger partial charge is 0.142 e. The van der Waals surface area contributed by atoms with Crippen molar-refractivity contribution in [3.63, 3.8) is 0 Å². The van der Waals surface area contributed by atoms with Crippen LogP contribution in [0.3, 0.4) is 0 Å². The van der Waals surface area contributed by atoms with Crippen molar-refractivity contribution in [1.82, 2.24) is 9.97 Å². The lowest BCUT2D eigenvalue weighted by atomic mass is 10.4. The molecule has 0 aliphatic carbocycles. The van der Waals surface area contributed by atoms with E-state index in [0.717, 1.165) is 27.8 Å². The SMILES string of the molecule is Cc1nc(-c2nc(CCCl)cs2)cs1. The molecule has 0 saturated carbocycles. The first-order chi connectivity index (χ1) is 6.79. The Morgan fingerprint density at radius 2 is 2.14 bits per heavy atom. The van der Waals surface area contributed by atoms with E-state index in [1.54, 1.807) is 22.7 Å². The number of aryl methyl sites for hydroxylation is 2. The van der Waals surface area contributed by atoms with Crippen LogP contribution in [0, 0.1) is 6.92 Å². The van der Waals surface area contributed by atoms with E-state index in [0.29, 0.717) is 5.88 Å². The largest absolute Gasteiger partial charge is 0.239 e. The summed E-state index contributed by atoms with van der Waals surface area (Å²) >= 11 is 8.93. The van der Waals surface area contributed by atoms with Gasteiger partial charge in [-0.05, 0) is 6.92 Å². The van der Waals surface area contributed by atoms with Gasteiger partial charge in [0.05, 0.1) is 10.7 Å². The van der Waals surface area contributed by atoms with Crippen molar-refractivity contribution in [2.24, 2.45) is 0 Å². The molecule has 5 heteroatoms. The third-order valence-corrected chi connectivity index (χ3v) is 3.62. The van der Waals surface area contributed by atoms with Gasteiger partial charge in [-0.25, -0.2) is 9.97 Å². The van der Waals surface area contributed by atoms with E-state index < -0.39 is 0 Å². The minimum Gasteiger partial charge on any atom is -0.239 e. The number of hydrogen-bond acceptors (Lipinski definition) is 4. The quantitative estimate of drug-likeness (QED) is 0.774. The van der Waals surface area contributed by atoms with Gasteiger partial charge in [0.15, 0.2) is 0 Å². The summed E-state index contributed by atoms with van der Waals surface area (Å²) in [6.07, 6.45) is 0.834. The molecule has 74 valence electrons. The van der Waals surface area contributed by atoms with Crippen LogP contribution in [0.25, 0.3) is 10.7 Å². The summed E-state index contributed by atoms with van der Waals surface area (Å²) in [5, 5.41) is 6.16. The van der Waals surface area contributed by atoms with Crippen molar-refractivity contribution in [2.45, 2.75) is 13.3 Å². The maximum atomic E-state index is 5.65. The summed E-state index contributed by atoms with van der Waals surface area (Å²) in [7, 11) is 0. The maximum Gasteiger partial charge on any atom is 0.142 e. The van der Waals surface area contributed by atoms with Crippen LogP contribution in [0.2, 0.25) is 0 Å². The lowest BCUT2D eigenvalue weighted by Gasteiger charge is -1.88. The van der Waals surface area contributed by atoms with Crippen LogP contribution in [0.5, 0.6) is 0 Å². The predicted octanol–water partition coefficient (Wildman–Crippen LogP) is 3.36. The lowest BCUT2D eigenvalue weighted by Crippen LogP contribution is -1.85. The van der Waals surface area contributed by atoms with Crippen molar-refractivity contribution in [1.29, 1.82) is 0 Å². The molecule has 0 amide bonds. The predicted molar refractivity (Wildman–Crippen MR) is 62.4 cm³/mol. The van der Waals surface area contributed by atoms with Crippen LogP contribution < -0.4 is 0 Å². The zero-order chi connectivity index (χ0) is 9.97. The Bertz CT molecular complexity index is 422. The molecule has 2 rings (SSSR count). The summed E-state index contributed by atoms with van der Waals surface area (Å²) in [5.74, 6) is 0.624. The Morgan fingerprint density at radius 1 is 1.29 bits per heavy atom. The number of aromatic nitrogens is 2. The Labute approximate surface area is 95.6 Å². The van der Waals surface area contributed by atoms with E-state index in [4.69, 9.17) is 11.6 Å². The summed E-state index contributed by atoms with van der Waals surface area (Å²) in [5.41, 5.74) is 2.05. The van der Waals surface area contributed by atoms with Crippen LogP contribution in [0.1, 0.15) is 10.7 Å². The standard InChI is InChI=1S/C9H9ClN2S2/c1-6-11-8(5-13-6)9-12-7(2-3-10)4-14-9/h4-5H,2-3H2,1H3. The Kier molecular flexibility index (Phi) is 3.15. The zero-order valence-electron chi connectivity index (χ0n) is 7.66. The highest BCUT2D eigenvalue weighted by Gasteiger charge is 2.06. The number of nitrogens with zero attached hydrogens (tertiary/aromatic N) is 2. The molecule has 2 nitrogen and oxygen atoms in total. The molecule has 0 spiro atoms. The molecule has 0 aliphatic heterocycles. The highest BCUT2D eigenvalue weighted by atomic mass is 35.5.